The third kappa shape index (κ3) is 3.70. The maximum atomic E-state index is 4.63. The number of fused-ring (bicyclic) bond motifs is 5. The second-order valence-electron chi connectivity index (χ2n) is 12.4. The lowest BCUT2D eigenvalue weighted by atomic mass is 9.46. The van der Waals surface area contributed by atoms with Crippen molar-refractivity contribution in [3.63, 3.8) is 0 Å². The molecule has 0 nitrogen and oxygen atoms in total. The van der Waals surface area contributed by atoms with Gasteiger partial charge in [-0.1, -0.05) is 90.5 Å². The van der Waals surface area contributed by atoms with Crippen LogP contribution in [0.25, 0.3) is 0 Å². The van der Waals surface area contributed by atoms with Crippen molar-refractivity contribution in [3.8, 4) is 0 Å². The van der Waals surface area contributed by atoms with Gasteiger partial charge in [-0.25, -0.2) is 0 Å². The van der Waals surface area contributed by atoms with Crippen molar-refractivity contribution < 1.29 is 0 Å². The highest BCUT2D eigenvalue weighted by Crippen LogP contribution is 2.67. The average molecular weight is 397 g/mol. The Morgan fingerprint density at radius 2 is 1.72 bits per heavy atom. The van der Waals surface area contributed by atoms with Gasteiger partial charge in [0.1, 0.15) is 0 Å². The molecule has 0 radical (unpaired) electrons. The summed E-state index contributed by atoms with van der Waals surface area (Å²) >= 11 is 0. The zero-order valence-electron chi connectivity index (χ0n) is 20.2. The van der Waals surface area contributed by atoms with Gasteiger partial charge in [-0.2, -0.15) is 0 Å². The molecule has 3 saturated carbocycles. The topological polar surface area (TPSA) is 0 Å². The standard InChI is InChI=1S/C29H48/c1-7-20(2)10-8-9-11-23-12-13-25-24-19-22(4)27-18-21(3)14-16-29(27,6)26(24)15-17-28(23,25)5/h19-21,23,25-27H,4,7-18H2,1-3,5-6H3. The van der Waals surface area contributed by atoms with Gasteiger partial charge in [0.2, 0.25) is 0 Å². The molecule has 0 aromatic heterocycles. The van der Waals surface area contributed by atoms with Crippen LogP contribution in [0.15, 0.2) is 23.8 Å². The summed E-state index contributed by atoms with van der Waals surface area (Å²) in [7, 11) is 0. The molecule has 0 saturated heterocycles. The summed E-state index contributed by atoms with van der Waals surface area (Å²) in [5, 5.41) is 0. The smallest absolute Gasteiger partial charge is 0.0106 e. The van der Waals surface area contributed by atoms with Crippen LogP contribution >= 0.6 is 0 Å². The van der Waals surface area contributed by atoms with Gasteiger partial charge in [-0.3, -0.25) is 0 Å². The van der Waals surface area contributed by atoms with Gasteiger partial charge >= 0.3 is 0 Å². The summed E-state index contributed by atoms with van der Waals surface area (Å²) in [6.45, 7) is 17.2. The van der Waals surface area contributed by atoms with Gasteiger partial charge in [0, 0.05) is 0 Å². The van der Waals surface area contributed by atoms with E-state index in [2.05, 4.69) is 47.3 Å². The van der Waals surface area contributed by atoms with E-state index >= 15 is 0 Å². The van der Waals surface area contributed by atoms with Gasteiger partial charge in [-0.15, -0.1) is 0 Å². The molecule has 0 aromatic carbocycles. The molecule has 8 unspecified atom stereocenters. The summed E-state index contributed by atoms with van der Waals surface area (Å²) in [6, 6.07) is 0. The molecular weight excluding hydrogens is 348 g/mol. The van der Waals surface area contributed by atoms with E-state index in [-0.39, 0.29) is 0 Å². The fraction of sp³-hybridized carbons (Fsp3) is 0.862. The van der Waals surface area contributed by atoms with E-state index in [1.165, 1.54) is 82.6 Å². The van der Waals surface area contributed by atoms with Gasteiger partial charge in [0.25, 0.3) is 0 Å². The van der Waals surface area contributed by atoms with E-state index in [1.54, 1.807) is 0 Å². The summed E-state index contributed by atoms with van der Waals surface area (Å²) < 4.78 is 0. The highest BCUT2D eigenvalue weighted by Gasteiger charge is 2.57. The minimum absolute atomic E-state index is 0.503. The predicted molar refractivity (Wildman–Crippen MR) is 127 cm³/mol. The fourth-order valence-corrected chi connectivity index (χ4v) is 8.40. The summed E-state index contributed by atoms with van der Waals surface area (Å²) in [4.78, 5) is 0. The number of allylic oxidation sites excluding steroid dienone is 3. The molecule has 0 amide bonds. The molecule has 4 aliphatic rings. The summed E-state index contributed by atoms with van der Waals surface area (Å²) in [6.07, 6.45) is 20.0. The number of hydrogen-bond acceptors (Lipinski definition) is 0. The lowest BCUT2D eigenvalue weighted by Gasteiger charge is -2.58. The van der Waals surface area contributed by atoms with Crippen LogP contribution in [0, 0.1) is 46.3 Å². The van der Waals surface area contributed by atoms with Gasteiger partial charge in [0.15, 0.2) is 0 Å². The lowest BCUT2D eigenvalue weighted by Crippen LogP contribution is -2.49. The third-order valence-corrected chi connectivity index (χ3v) is 10.7. The largest absolute Gasteiger partial charge is 0.0955 e. The highest BCUT2D eigenvalue weighted by atomic mass is 14.6. The first-order valence-electron chi connectivity index (χ1n) is 13.2. The maximum absolute atomic E-state index is 4.63. The first-order valence-corrected chi connectivity index (χ1v) is 13.2. The third-order valence-electron chi connectivity index (χ3n) is 10.7. The zero-order chi connectivity index (χ0) is 20.8. The van der Waals surface area contributed by atoms with Crippen LogP contribution in [0.4, 0.5) is 0 Å². The quantitative estimate of drug-likeness (QED) is 0.393. The van der Waals surface area contributed by atoms with Crippen molar-refractivity contribution >= 4 is 0 Å². The van der Waals surface area contributed by atoms with E-state index in [4.69, 9.17) is 0 Å². The molecule has 0 N–H and O–H groups in total. The van der Waals surface area contributed by atoms with E-state index in [0.717, 1.165) is 35.5 Å². The van der Waals surface area contributed by atoms with Crippen molar-refractivity contribution in [2.45, 2.75) is 112 Å². The van der Waals surface area contributed by atoms with Crippen LogP contribution in [0.5, 0.6) is 0 Å². The number of rotatable bonds is 6. The Kier molecular flexibility index (Phi) is 6.14. The van der Waals surface area contributed by atoms with Crippen LogP contribution in [0.1, 0.15) is 112 Å². The van der Waals surface area contributed by atoms with E-state index < -0.39 is 0 Å². The predicted octanol–water partition coefficient (Wildman–Crippen LogP) is 8.97. The van der Waals surface area contributed by atoms with Crippen LogP contribution in [-0.2, 0) is 0 Å². The monoisotopic (exact) mass is 396 g/mol. The Labute approximate surface area is 182 Å². The van der Waals surface area contributed by atoms with Crippen molar-refractivity contribution in [2.24, 2.45) is 46.3 Å². The highest BCUT2D eigenvalue weighted by molar-refractivity contribution is 5.38. The molecule has 29 heavy (non-hydrogen) atoms. The Balaban J connectivity index is 1.48. The van der Waals surface area contributed by atoms with Crippen LogP contribution in [-0.4, -0.2) is 0 Å². The molecule has 0 heterocycles. The zero-order valence-corrected chi connectivity index (χ0v) is 20.2. The van der Waals surface area contributed by atoms with Crippen molar-refractivity contribution in [3.05, 3.63) is 23.8 Å². The Morgan fingerprint density at radius 3 is 2.48 bits per heavy atom. The van der Waals surface area contributed by atoms with E-state index in [0.29, 0.717) is 10.8 Å². The molecule has 0 spiro atoms. The van der Waals surface area contributed by atoms with Crippen LogP contribution in [0.3, 0.4) is 0 Å². The van der Waals surface area contributed by atoms with Crippen molar-refractivity contribution in [1.29, 1.82) is 0 Å². The van der Waals surface area contributed by atoms with Gasteiger partial charge < -0.3 is 0 Å². The molecular formula is C29H48. The minimum Gasteiger partial charge on any atom is -0.0955 e. The number of unbranched alkanes of at least 4 members (excludes halogenated alkanes) is 1. The first kappa shape index (κ1) is 21.7. The molecule has 4 rings (SSSR count). The lowest BCUT2D eigenvalue weighted by molar-refractivity contribution is 0.00285. The van der Waals surface area contributed by atoms with Crippen molar-refractivity contribution in [1.82, 2.24) is 0 Å². The van der Waals surface area contributed by atoms with Crippen LogP contribution < -0.4 is 0 Å². The van der Waals surface area contributed by atoms with Gasteiger partial charge in [-0.05, 0) is 91.3 Å². The average Bonchev–Trinajstić information content (AvgIpc) is 3.03. The second-order valence-corrected chi connectivity index (χ2v) is 12.4. The van der Waals surface area contributed by atoms with Crippen LogP contribution in [0.2, 0.25) is 0 Å². The normalized spacial score (nSPS) is 45.2. The molecule has 4 aliphatic carbocycles. The number of hydrogen-bond donors (Lipinski definition) is 0. The SMILES string of the molecule is C=C1C=C2C3CCC(CCCCC(C)CC)C3(C)CCC2C2(C)CCC(C)CC12. The molecule has 0 bridgehead atoms. The Hall–Kier alpha value is -0.520. The first-order chi connectivity index (χ1) is 13.8. The minimum atomic E-state index is 0.503. The Bertz CT molecular complexity index is 640. The van der Waals surface area contributed by atoms with E-state index in [1.807, 2.05) is 5.57 Å². The molecule has 0 aromatic rings. The second kappa shape index (κ2) is 8.20. The fourth-order valence-electron chi connectivity index (χ4n) is 8.40. The Morgan fingerprint density at radius 1 is 1.00 bits per heavy atom. The molecule has 3 fully saturated rings. The maximum Gasteiger partial charge on any atom is -0.0106 e. The molecule has 164 valence electrons. The summed E-state index contributed by atoms with van der Waals surface area (Å²) in [5.74, 6) is 5.24. The summed E-state index contributed by atoms with van der Waals surface area (Å²) in [5.41, 5.74) is 4.43. The molecule has 8 atom stereocenters. The van der Waals surface area contributed by atoms with E-state index in [9.17, 15) is 0 Å². The molecule has 0 heteroatoms. The van der Waals surface area contributed by atoms with Crippen molar-refractivity contribution in [2.75, 3.05) is 0 Å². The molecule has 0 aliphatic heterocycles. The van der Waals surface area contributed by atoms with Gasteiger partial charge in [0.05, 0.1) is 0 Å².